The molecule has 55 heavy (non-hydrogen) atoms. The molecule has 2 aromatic heterocycles. The Kier molecular flexibility index (Phi) is 16.6. The molecule has 3 aromatic rings. The summed E-state index contributed by atoms with van der Waals surface area (Å²) < 4.78 is 0. The van der Waals surface area contributed by atoms with Gasteiger partial charge in [0, 0.05) is 36.2 Å². The number of hydrogen-bond donors (Lipinski definition) is 5. The average molecular weight is 753 g/mol. The molecule has 1 saturated carbocycles. The van der Waals surface area contributed by atoms with Crippen molar-refractivity contribution < 1.29 is 24.3 Å². The molecule has 0 radical (unpaired) electrons. The van der Waals surface area contributed by atoms with Crippen LogP contribution in [0.3, 0.4) is 0 Å². The zero-order valence-corrected chi connectivity index (χ0v) is 33.1. The van der Waals surface area contributed by atoms with Crippen molar-refractivity contribution in [3.63, 3.8) is 0 Å². The van der Waals surface area contributed by atoms with Crippen LogP contribution in [0.1, 0.15) is 103 Å². The number of carbonyl (C=O) groups excluding carboxylic acids is 4. The third kappa shape index (κ3) is 14.7. The molecule has 4 atom stereocenters. The van der Waals surface area contributed by atoms with Gasteiger partial charge in [-0.15, -0.1) is 0 Å². The minimum absolute atomic E-state index is 0.101. The molecule has 4 rings (SSSR count). The van der Waals surface area contributed by atoms with Gasteiger partial charge in [-0.1, -0.05) is 109 Å². The number of benzene rings is 1. The molecule has 11 heteroatoms. The lowest BCUT2D eigenvalue weighted by molar-refractivity contribution is -0.129. The Hall–Kier alpha value is -4.90. The highest BCUT2D eigenvalue weighted by molar-refractivity contribution is 6.05. The molecule has 1 fully saturated rings. The number of aliphatic hydroxyl groups excluding tert-OH is 1. The largest absolute Gasteiger partial charge is 0.391 e. The van der Waals surface area contributed by atoms with Crippen molar-refractivity contribution in [1.29, 1.82) is 0 Å². The molecule has 1 aliphatic carbocycles. The lowest BCUT2D eigenvalue weighted by Gasteiger charge is -2.33. The molecule has 2 heterocycles. The molecule has 0 aliphatic heterocycles. The van der Waals surface area contributed by atoms with Gasteiger partial charge in [0.05, 0.1) is 36.4 Å². The second-order valence-electron chi connectivity index (χ2n) is 16.2. The maximum atomic E-state index is 14.3. The number of imidazole rings is 1. The lowest BCUT2D eigenvalue weighted by atomic mass is 9.81. The van der Waals surface area contributed by atoms with Crippen molar-refractivity contribution in [2.24, 2.45) is 23.2 Å². The molecular weight excluding hydrogens is 693 g/mol. The zero-order chi connectivity index (χ0) is 39.8. The number of nitrogens with one attached hydrogen (secondary N) is 4. The van der Waals surface area contributed by atoms with Crippen LogP contribution in [0.25, 0.3) is 6.08 Å². The fourth-order valence-corrected chi connectivity index (χ4v) is 6.80. The summed E-state index contributed by atoms with van der Waals surface area (Å²) in [4.78, 5) is 65.7. The Labute approximate surface area is 326 Å². The second-order valence-corrected chi connectivity index (χ2v) is 16.2. The fourth-order valence-electron chi connectivity index (χ4n) is 6.80. The summed E-state index contributed by atoms with van der Waals surface area (Å²) in [5.74, 6) is -1.02. The van der Waals surface area contributed by atoms with Crippen molar-refractivity contribution in [3.8, 4) is 0 Å². The van der Waals surface area contributed by atoms with E-state index < -0.39 is 35.4 Å². The molecule has 0 unspecified atom stereocenters. The van der Waals surface area contributed by atoms with Gasteiger partial charge in [-0.05, 0) is 60.4 Å². The number of allylic oxidation sites excluding steroid dienone is 1. The molecule has 1 aliphatic rings. The highest BCUT2D eigenvalue weighted by atomic mass is 16.3. The first-order valence-corrected chi connectivity index (χ1v) is 19.7. The number of hydrogen-bond acceptors (Lipinski definition) is 7. The van der Waals surface area contributed by atoms with E-state index in [0.717, 1.165) is 36.9 Å². The molecule has 1 aromatic carbocycles. The molecule has 0 saturated heterocycles. The summed E-state index contributed by atoms with van der Waals surface area (Å²) in [6, 6.07) is 13.2. The van der Waals surface area contributed by atoms with Crippen molar-refractivity contribution >= 4 is 29.6 Å². The smallest absolute Gasteiger partial charge is 0.248 e. The predicted molar refractivity (Wildman–Crippen MR) is 215 cm³/mol. The van der Waals surface area contributed by atoms with Gasteiger partial charge in [0.25, 0.3) is 0 Å². The highest BCUT2D eigenvalue weighted by Crippen LogP contribution is 2.30. The van der Waals surface area contributed by atoms with E-state index in [-0.39, 0.29) is 41.9 Å². The molecule has 11 nitrogen and oxygen atoms in total. The van der Waals surface area contributed by atoms with Crippen molar-refractivity contribution in [1.82, 2.24) is 30.9 Å². The number of nitrogens with zero attached hydrogens (tertiary/aromatic N) is 2. The van der Waals surface area contributed by atoms with Crippen LogP contribution in [0.2, 0.25) is 0 Å². The fraction of sp³-hybridized carbons (Fsp3) is 0.500. The number of H-pyrrole nitrogens is 1. The summed E-state index contributed by atoms with van der Waals surface area (Å²) in [5.41, 5.74) is 1.68. The van der Waals surface area contributed by atoms with Gasteiger partial charge in [-0.25, -0.2) is 4.98 Å². The van der Waals surface area contributed by atoms with Crippen LogP contribution in [0.4, 0.5) is 0 Å². The monoisotopic (exact) mass is 752 g/mol. The van der Waals surface area contributed by atoms with Crippen LogP contribution in [0.5, 0.6) is 0 Å². The summed E-state index contributed by atoms with van der Waals surface area (Å²) in [6.45, 7) is 9.84. The Morgan fingerprint density at radius 3 is 2.31 bits per heavy atom. The van der Waals surface area contributed by atoms with E-state index in [9.17, 15) is 24.3 Å². The lowest BCUT2D eigenvalue weighted by Crippen LogP contribution is -2.54. The third-order valence-electron chi connectivity index (χ3n) is 10.3. The van der Waals surface area contributed by atoms with Crippen LogP contribution in [0, 0.1) is 23.2 Å². The van der Waals surface area contributed by atoms with E-state index in [2.05, 4.69) is 30.9 Å². The number of aliphatic hydroxyl groups is 1. The number of aromatic nitrogens is 3. The van der Waals surface area contributed by atoms with E-state index in [1.165, 1.54) is 18.8 Å². The van der Waals surface area contributed by atoms with Crippen molar-refractivity contribution in [2.75, 3.05) is 0 Å². The Bertz CT molecular complexity index is 1710. The molecular formula is C44H60N6O5. The van der Waals surface area contributed by atoms with Crippen molar-refractivity contribution in [3.05, 3.63) is 102 Å². The van der Waals surface area contributed by atoms with Gasteiger partial charge < -0.3 is 26.0 Å². The quantitative estimate of drug-likeness (QED) is 0.0901. The number of aromatic amines is 1. The first kappa shape index (κ1) is 42.8. The third-order valence-corrected chi connectivity index (χ3v) is 10.3. The van der Waals surface area contributed by atoms with Crippen LogP contribution >= 0.6 is 0 Å². The summed E-state index contributed by atoms with van der Waals surface area (Å²) in [5, 5.41) is 20.8. The number of amides is 3. The minimum atomic E-state index is -1.04. The normalized spacial score (nSPS) is 16.3. The average Bonchev–Trinajstić information content (AvgIpc) is 3.68. The van der Waals surface area contributed by atoms with E-state index in [4.69, 9.17) is 0 Å². The maximum Gasteiger partial charge on any atom is 0.248 e. The van der Waals surface area contributed by atoms with Gasteiger partial charge in [0.1, 0.15) is 11.8 Å². The van der Waals surface area contributed by atoms with E-state index in [1.807, 2.05) is 89.2 Å². The first-order chi connectivity index (χ1) is 26.3. The highest BCUT2D eigenvalue weighted by Gasteiger charge is 2.33. The molecule has 296 valence electrons. The Morgan fingerprint density at radius 1 is 0.945 bits per heavy atom. The predicted octanol–water partition coefficient (Wildman–Crippen LogP) is 6.27. The summed E-state index contributed by atoms with van der Waals surface area (Å²) in [6.07, 6.45) is 15.3. The molecule has 0 spiro atoms. The number of pyridine rings is 1. The number of carbonyl (C=O) groups is 4. The van der Waals surface area contributed by atoms with Gasteiger partial charge in [0.2, 0.25) is 17.7 Å². The molecule has 5 N–H and O–H groups in total. The Balaban J connectivity index is 1.54. The topological polar surface area (TPSA) is 166 Å². The van der Waals surface area contributed by atoms with E-state index in [0.29, 0.717) is 31.0 Å². The Morgan fingerprint density at radius 2 is 1.67 bits per heavy atom. The van der Waals surface area contributed by atoms with Crippen molar-refractivity contribution in [2.45, 2.75) is 117 Å². The second kappa shape index (κ2) is 21.3. The van der Waals surface area contributed by atoms with Crippen LogP contribution < -0.4 is 16.0 Å². The van der Waals surface area contributed by atoms with Crippen LogP contribution in [-0.2, 0) is 32.1 Å². The molecule has 3 amide bonds. The number of ketones is 1. The standard InChI is InChI=1S/C44H60N6O5/c1-30(2)33(19-20-41(53)47-28-35-18-12-13-21-46-35)24-39(51)37(23-32-16-10-7-11-17-32)49-43(55)38(26-36-27-45-29-48-36)50-42(54)34(25-40(52)44(3,4)5)22-31-14-8-6-9-15-31/h6,8-9,12-15,18-22,27,29-30,32-33,37-39,51H,7,10-11,16-17,23-26,28H2,1-5H3,(H,45,48)(H,47,53)(H,49,55)(H,50,54)/b20-19+,34-22?/t33-,37-,38-,39-/m0/s1. The summed E-state index contributed by atoms with van der Waals surface area (Å²) in [7, 11) is 0. The minimum Gasteiger partial charge on any atom is -0.391 e. The van der Waals surface area contributed by atoms with Gasteiger partial charge in [-0.2, -0.15) is 0 Å². The van der Waals surface area contributed by atoms with Gasteiger partial charge in [0.15, 0.2) is 0 Å². The number of Topliss-reactive ketones (excluding diaryl/α,β-unsaturated/α-hetero) is 1. The van der Waals surface area contributed by atoms with E-state index in [1.54, 1.807) is 18.5 Å². The number of rotatable bonds is 19. The summed E-state index contributed by atoms with van der Waals surface area (Å²) >= 11 is 0. The van der Waals surface area contributed by atoms with Gasteiger partial charge in [-0.3, -0.25) is 24.2 Å². The van der Waals surface area contributed by atoms with Crippen LogP contribution in [0.15, 0.2) is 85.0 Å². The molecule has 0 bridgehead atoms. The maximum absolute atomic E-state index is 14.3. The van der Waals surface area contributed by atoms with E-state index >= 15 is 0 Å². The zero-order valence-electron chi connectivity index (χ0n) is 33.1. The van der Waals surface area contributed by atoms with Gasteiger partial charge >= 0.3 is 0 Å². The van der Waals surface area contributed by atoms with Crippen LogP contribution in [-0.4, -0.2) is 61.8 Å². The first-order valence-electron chi connectivity index (χ1n) is 19.7. The SMILES string of the molecule is CC(C)[C@@H](/C=C/C(=O)NCc1ccccn1)C[C@H](O)[C@H](CC1CCCCC1)NC(=O)[C@H](Cc1c[nH]cn1)NC(=O)C(=Cc1ccccc1)CC(=O)C(C)(C)C.